The summed E-state index contributed by atoms with van der Waals surface area (Å²) in [5.41, 5.74) is 0.954. The van der Waals surface area contributed by atoms with E-state index < -0.39 is 0 Å². The Bertz CT molecular complexity index is 315. The molecule has 0 fully saturated rings. The zero-order chi connectivity index (χ0) is 9.14. The maximum absolute atomic E-state index is 10.5. The molecule has 0 radical (unpaired) electrons. The Labute approximate surface area is 70.2 Å². The fourth-order valence-electron chi connectivity index (χ4n) is 1.09. The molecule has 0 unspecified atom stereocenters. The van der Waals surface area contributed by atoms with Gasteiger partial charge < -0.3 is 0 Å². The number of nitrogens with zero attached hydrogens (tertiary/aromatic N) is 2. The largest absolute Gasteiger partial charge is 0.296 e. The van der Waals surface area contributed by atoms with E-state index in [4.69, 9.17) is 0 Å². The smallest absolute Gasteiger partial charge is 0.219 e. The number of aldehydes is 1. The fourth-order valence-corrected chi connectivity index (χ4v) is 1.09. The first-order chi connectivity index (χ1) is 5.74. The Kier molecular flexibility index (Phi) is 2.38. The number of hydrogen-bond donors (Lipinski definition) is 0. The van der Waals surface area contributed by atoms with E-state index in [9.17, 15) is 9.59 Å². The van der Waals surface area contributed by atoms with Crippen LogP contribution < -0.4 is 0 Å². The summed E-state index contributed by atoms with van der Waals surface area (Å²) >= 11 is 0. The van der Waals surface area contributed by atoms with Gasteiger partial charge in [0.05, 0.1) is 5.69 Å². The quantitative estimate of drug-likeness (QED) is 0.618. The molecule has 0 aliphatic rings. The van der Waals surface area contributed by atoms with Gasteiger partial charge in [0, 0.05) is 6.42 Å². The molecule has 1 aromatic rings. The summed E-state index contributed by atoms with van der Waals surface area (Å²) in [5.74, 6) is 0.629. The number of aryl methyl sites for hydroxylation is 1. The zero-order valence-electron chi connectivity index (χ0n) is 7.07. The number of carbonyl (C=O) groups is 2. The molecule has 64 valence electrons. The van der Waals surface area contributed by atoms with Gasteiger partial charge >= 0.3 is 0 Å². The summed E-state index contributed by atoms with van der Waals surface area (Å²) in [6.07, 6.45) is 1.98. The third-order valence-electron chi connectivity index (χ3n) is 1.79. The molecule has 0 aliphatic carbocycles. The highest BCUT2D eigenvalue weighted by Gasteiger charge is 2.10. The summed E-state index contributed by atoms with van der Waals surface area (Å²) in [4.78, 5) is 25.0. The topological polar surface area (TPSA) is 52.0 Å². The van der Waals surface area contributed by atoms with Gasteiger partial charge in [0.25, 0.3) is 0 Å². The molecule has 4 nitrogen and oxygen atoms in total. The molecule has 0 atom stereocenters. The molecule has 0 saturated carbocycles. The summed E-state index contributed by atoms with van der Waals surface area (Å²) in [7, 11) is 0. The molecular formula is C8H10N2O2. The van der Waals surface area contributed by atoms with Crippen LogP contribution in [0.25, 0.3) is 0 Å². The molecule has 4 heteroatoms. The van der Waals surface area contributed by atoms with E-state index in [0.717, 1.165) is 0 Å². The molecule has 0 saturated heterocycles. The molecule has 1 aromatic heterocycles. The van der Waals surface area contributed by atoms with Gasteiger partial charge in [-0.05, 0) is 6.92 Å². The van der Waals surface area contributed by atoms with Crippen molar-refractivity contribution in [2.24, 2.45) is 0 Å². The number of imidazole rings is 1. The average Bonchev–Trinajstić information content (AvgIpc) is 2.41. The van der Waals surface area contributed by atoms with E-state index in [-0.39, 0.29) is 0 Å². The molecular weight excluding hydrogens is 156 g/mol. The zero-order valence-corrected chi connectivity index (χ0v) is 7.07. The van der Waals surface area contributed by atoms with Gasteiger partial charge in [-0.25, -0.2) is 4.98 Å². The second-order valence-corrected chi connectivity index (χ2v) is 2.45. The first kappa shape index (κ1) is 8.64. The van der Waals surface area contributed by atoms with Crippen molar-refractivity contribution < 1.29 is 9.59 Å². The van der Waals surface area contributed by atoms with Gasteiger partial charge in [0.2, 0.25) is 6.41 Å². The fraction of sp³-hybridized carbons (Fsp3) is 0.375. The molecule has 1 rings (SSSR count). The lowest BCUT2D eigenvalue weighted by Crippen LogP contribution is -2.02. The van der Waals surface area contributed by atoms with Crippen LogP contribution in [-0.4, -0.2) is 22.2 Å². The summed E-state index contributed by atoms with van der Waals surface area (Å²) in [6.45, 7) is 3.58. The van der Waals surface area contributed by atoms with Crippen molar-refractivity contribution in [3.8, 4) is 0 Å². The van der Waals surface area contributed by atoms with Gasteiger partial charge in [-0.1, -0.05) is 6.92 Å². The highest BCUT2D eigenvalue weighted by Crippen LogP contribution is 2.07. The van der Waals surface area contributed by atoms with Gasteiger partial charge in [-0.3, -0.25) is 14.2 Å². The van der Waals surface area contributed by atoms with Crippen LogP contribution in [0.4, 0.5) is 0 Å². The van der Waals surface area contributed by atoms with E-state index in [2.05, 4.69) is 4.98 Å². The molecule has 12 heavy (non-hydrogen) atoms. The number of carbonyl (C=O) groups excluding carboxylic acids is 2. The van der Waals surface area contributed by atoms with Crippen LogP contribution in [0.5, 0.6) is 0 Å². The van der Waals surface area contributed by atoms with Crippen LogP contribution in [0.1, 0.15) is 28.9 Å². The van der Waals surface area contributed by atoms with Crippen LogP contribution in [0.15, 0.2) is 0 Å². The number of rotatable bonds is 3. The monoisotopic (exact) mass is 166 g/mol. The minimum Gasteiger partial charge on any atom is -0.296 e. The normalized spacial score (nSPS) is 9.83. The SMILES string of the molecule is CCc1nc(C=O)c(C)n1C=O. The standard InChI is InChI=1S/C8H10N2O2/c1-3-8-9-7(4-11)6(2)10(8)5-12/h4-5H,3H2,1-2H3. The lowest BCUT2D eigenvalue weighted by molar-refractivity contribution is 0.111. The van der Waals surface area contributed by atoms with Crippen molar-refractivity contribution >= 4 is 12.7 Å². The molecule has 1 heterocycles. The van der Waals surface area contributed by atoms with Crippen molar-refractivity contribution in [1.82, 2.24) is 9.55 Å². The highest BCUT2D eigenvalue weighted by molar-refractivity contribution is 5.75. The Morgan fingerprint density at radius 1 is 1.50 bits per heavy atom. The van der Waals surface area contributed by atoms with Gasteiger partial charge in [-0.2, -0.15) is 0 Å². The summed E-state index contributed by atoms with van der Waals surface area (Å²) in [5, 5.41) is 0. The lowest BCUT2D eigenvalue weighted by Gasteiger charge is -1.96. The van der Waals surface area contributed by atoms with E-state index in [1.54, 1.807) is 6.92 Å². The predicted molar refractivity (Wildman–Crippen MR) is 43.9 cm³/mol. The van der Waals surface area contributed by atoms with Crippen LogP contribution >= 0.6 is 0 Å². The van der Waals surface area contributed by atoms with Crippen molar-refractivity contribution in [3.63, 3.8) is 0 Å². The molecule has 0 spiro atoms. The Morgan fingerprint density at radius 2 is 2.17 bits per heavy atom. The van der Waals surface area contributed by atoms with Crippen molar-refractivity contribution in [1.29, 1.82) is 0 Å². The first-order valence-electron chi connectivity index (χ1n) is 3.72. The van der Waals surface area contributed by atoms with E-state index in [0.29, 0.717) is 36.3 Å². The second kappa shape index (κ2) is 3.30. The number of aromatic nitrogens is 2. The van der Waals surface area contributed by atoms with Crippen LogP contribution in [-0.2, 0) is 11.2 Å². The lowest BCUT2D eigenvalue weighted by atomic mass is 10.4. The second-order valence-electron chi connectivity index (χ2n) is 2.45. The maximum atomic E-state index is 10.5. The maximum Gasteiger partial charge on any atom is 0.219 e. The molecule has 0 N–H and O–H groups in total. The van der Waals surface area contributed by atoms with E-state index >= 15 is 0 Å². The van der Waals surface area contributed by atoms with Gasteiger partial charge in [0.15, 0.2) is 6.29 Å². The molecule has 0 amide bonds. The highest BCUT2D eigenvalue weighted by atomic mass is 16.1. The minimum atomic E-state index is 0.346. The van der Waals surface area contributed by atoms with Crippen molar-refractivity contribution in [2.45, 2.75) is 20.3 Å². The van der Waals surface area contributed by atoms with Crippen LogP contribution in [0.3, 0.4) is 0 Å². The van der Waals surface area contributed by atoms with Crippen molar-refractivity contribution in [3.05, 3.63) is 17.2 Å². The molecule has 0 bridgehead atoms. The van der Waals surface area contributed by atoms with Crippen LogP contribution in [0, 0.1) is 6.92 Å². The Balaban J connectivity index is 3.31. The van der Waals surface area contributed by atoms with Gasteiger partial charge in [-0.15, -0.1) is 0 Å². The third-order valence-corrected chi connectivity index (χ3v) is 1.79. The van der Waals surface area contributed by atoms with Crippen LogP contribution in [0.2, 0.25) is 0 Å². The van der Waals surface area contributed by atoms with Crippen molar-refractivity contribution in [2.75, 3.05) is 0 Å². The van der Waals surface area contributed by atoms with E-state index in [1.165, 1.54) is 4.57 Å². The molecule has 0 aliphatic heterocycles. The summed E-state index contributed by atoms with van der Waals surface area (Å²) < 4.78 is 1.39. The summed E-state index contributed by atoms with van der Waals surface area (Å²) in [6, 6.07) is 0. The molecule has 0 aromatic carbocycles. The average molecular weight is 166 g/mol. The number of hydrogen-bond acceptors (Lipinski definition) is 3. The first-order valence-corrected chi connectivity index (χ1v) is 3.72. The minimum absolute atomic E-state index is 0.346. The van der Waals surface area contributed by atoms with Gasteiger partial charge in [0.1, 0.15) is 11.5 Å². The Hall–Kier alpha value is -1.45. The third kappa shape index (κ3) is 1.15. The van der Waals surface area contributed by atoms with E-state index in [1.807, 2.05) is 6.92 Å². The predicted octanol–water partition coefficient (Wildman–Crippen LogP) is 0.605. The Morgan fingerprint density at radius 3 is 2.50 bits per heavy atom.